The molecule has 0 spiro atoms. The Hall–Kier alpha value is -1.56. The van der Waals surface area contributed by atoms with Crippen LogP contribution in [0, 0.1) is 11.8 Å². The maximum atomic E-state index is 12.7. The van der Waals surface area contributed by atoms with Gasteiger partial charge in [0.1, 0.15) is 0 Å². The highest BCUT2D eigenvalue weighted by atomic mass is 19.4. The van der Waals surface area contributed by atoms with Gasteiger partial charge in [-0.15, -0.1) is 0 Å². The molecular weight excluding hydrogens is 307 g/mol. The summed E-state index contributed by atoms with van der Waals surface area (Å²) in [6.07, 6.45) is -2.33. The van der Waals surface area contributed by atoms with Gasteiger partial charge in [0.05, 0.1) is 5.56 Å². The lowest BCUT2D eigenvalue weighted by atomic mass is 9.94. The molecule has 0 aromatic heterocycles. The van der Waals surface area contributed by atoms with Crippen LogP contribution in [-0.2, 0) is 17.4 Å². The van der Waals surface area contributed by atoms with Gasteiger partial charge in [-0.05, 0) is 36.8 Å². The highest BCUT2D eigenvalue weighted by Crippen LogP contribution is 2.30. The van der Waals surface area contributed by atoms with Gasteiger partial charge in [0, 0.05) is 25.6 Å². The molecule has 1 aromatic rings. The quantitative estimate of drug-likeness (QED) is 0.922. The number of benzene rings is 1. The molecular formula is C17H22F3NO2. The van der Waals surface area contributed by atoms with E-state index in [2.05, 4.69) is 0 Å². The minimum atomic E-state index is -4.37. The van der Waals surface area contributed by atoms with E-state index in [4.69, 9.17) is 0 Å². The summed E-state index contributed by atoms with van der Waals surface area (Å²) in [5.41, 5.74) is -0.177. The molecule has 2 unspecified atom stereocenters. The average Bonchev–Trinajstić information content (AvgIpc) is 2.53. The van der Waals surface area contributed by atoms with Crippen LogP contribution in [0.25, 0.3) is 0 Å². The molecule has 2 atom stereocenters. The van der Waals surface area contributed by atoms with Crippen LogP contribution in [0.5, 0.6) is 0 Å². The normalized spacial score (nSPS) is 20.4. The number of carbonyl (C=O) groups is 1. The Morgan fingerprint density at radius 1 is 1.43 bits per heavy atom. The van der Waals surface area contributed by atoms with Crippen LogP contribution in [0.15, 0.2) is 24.3 Å². The Morgan fingerprint density at radius 3 is 2.83 bits per heavy atom. The first-order valence-corrected chi connectivity index (χ1v) is 7.87. The van der Waals surface area contributed by atoms with Crippen LogP contribution in [-0.4, -0.2) is 35.6 Å². The number of piperidine rings is 1. The summed E-state index contributed by atoms with van der Waals surface area (Å²) in [5.74, 6) is -0.329. The predicted octanol–water partition coefficient (Wildman–Crippen LogP) is 3.11. The van der Waals surface area contributed by atoms with Gasteiger partial charge >= 0.3 is 6.18 Å². The summed E-state index contributed by atoms with van der Waals surface area (Å²) in [4.78, 5) is 14.2. The second-order valence-electron chi connectivity index (χ2n) is 6.28. The predicted molar refractivity (Wildman–Crippen MR) is 80.7 cm³/mol. The van der Waals surface area contributed by atoms with Crippen molar-refractivity contribution < 1.29 is 23.1 Å². The van der Waals surface area contributed by atoms with Crippen molar-refractivity contribution in [3.63, 3.8) is 0 Å². The molecule has 1 aromatic carbocycles. The number of carbonyl (C=O) groups excluding carboxylic acids is 1. The number of alkyl halides is 3. The SMILES string of the molecule is CC(Cc1cccc(C(F)(F)F)c1)C(=O)N1CCCC(CO)C1. The molecule has 1 fully saturated rings. The van der Waals surface area contributed by atoms with Gasteiger partial charge in [0.2, 0.25) is 5.91 Å². The number of likely N-dealkylation sites (tertiary alicyclic amines) is 1. The van der Waals surface area contributed by atoms with E-state index < -0.39 is 11.7 Å². The summed E-state index contributed by atoms with van der Waals surface area (Å²) in [7, 11) is 0. The molecule has 1 aliphatic rings. The fourth-order valence-electron chi connectivity index (χ4n) is 3.04. The molecule has 0 aliphatic carbocycles. The van der Waals surface area contributed by atoms with Crippen molar-refractivity contribution >= 4 is 5.91 Å². The van der Waals surface area contributed by atoms with Crippen molar-refractivity contribution in [1.29, 1.82) is 0 Å². The zero-order valence-electron chi connectivity index (χ0n) is 13.1. The number of rotatable bonds is 4. The Morgan fingerprint density at radius 2 is 2.17 bits per heavy atom. The molecule has 3 nitrogen and oxygen atoms in total. The summed E-state index contributed by atoms with van der Waals surface area (Å²) in [6, 6.07) is 5.13. The highest BCUT2D eigenvalue weighted by molar-refractivity contribution is 5.79. The van der Waals surface area contributed by atoms with Crippen molar-refractivity contribution in [3.05, 3.63) is 35.4 Å². The van der Waals surface area contributed by atoms with Gasteiger partial charge in [-0.25, -0.2) is 0 Å². The molecule has 23 heavy (non-hydrogen) atoms. The minimum Gasteiger partial charge on any atom is -0.396 e. The van der Waals surface area contributed by atoms with E-state index in [9.17, 15) is 23.1 Å². The molecule has 1 heterocycles. The Kier molecular flexibility index (Phi) is 5.68. The van der Waals surface area contributed by atoms with E-state index in [1.165, 1.54) is 6.07 Å². The smallest absolute Gasteiger partial charge is 0.396 e. The first kappa shape index (κ1) is 17.8. The Labute approximate surface area is 134 Å². The van der Waals surface area contributed by atoms with Crippen LogP contribution >= 0.6 is 0 Å². The lowest BCUT2D eigenvalue weighted by Gasteiger charge is -2.33. The first-order chi connectivity index (χ1) is 10.8. The van der Waals surface area contributed by atoms with Gasteiger partial charge < -0.3 is 10.0 Å². The maximum Gasteiger partial charge on any atom is 0.416 e. The second-order valence-corrected chi connectivity index (χ2v) is 6.28. The second kappa shape index (κ2) is 7.34. The fourth-order valence-corrected chi connectivity index (χ4v) is 3.04. The van der Waals surface area contributed by atoms with E-state index in [1.54, 1.807) is 17.9 Å². The molecule has 6 heteroatoms. The minimum absolute atomic E-state index is 0.0550. The topological polar surface area (TPSA) is 40.5 Å². The number of amides is 1. The van der Waals surface area contributed by atoms with E-state index in [0.717, 1.165) is 25.0 Å². The fraction of sp³-hybridized carbons (Fsp3) is 0.588. The number of hydrogen-bond donors (Lipinski definition) is 1. The molecule has 1 aliphatic heterocycles. The number of hydrogen-bond acceptors (Lipinski definition) is 2. The lowest BCUT2D eigenvalue weighted by Crippen LogP contribution is -2.43. The van der Waals surface area contributed by atoms with E-state index in [1.807, 2.05) is 0 Å². The van der Waals surface area contributed by atoms with Gasteiger partial charge in [-0.1, -0.05) is 25.1 Å². The molecule has 1 N–H and O–H groups in total. The zero-order valence-corrected chi connectivity index (χ0v) is 13.1. The third-order valence-electron chi connectivity index (χ3n) is 4.31. The zero-order chi connectivity index (χ0) is 17.0. The van der Waals surface area contributed by atoms with Gasteiger partial charge in [-0.3, -0.25) is 4.79 Å². The summed E-state index contributed by atoms with van der Waals surface area (Å²) < 4.78 is 38.2. The summed E-state index contributed by atoms with van der Waals surface area (Å²) in [6.45, 7) is 2.99. The van der Waals surface area contributed by atoms with Crippen LogP contribution in [0.1, 0.15) is 30.9 Å². The van der Waals surface area contributed by atoms with E-state index in [0.29, 0.717) is 18.7 Å². The maximum absolute atomic E-state index is 12.7. The average molecular weight is 329 g/mol. The number of aliphatic hydroxyl groups is 1. The molecule has 2 rings (SSSR count). The molecule has 0 bridgehead atoms. The van der Waals surface area contributed by atoms with Gasteiger partial charge in [0.15, 0.2) is 0 Å². The van der Waals surface area contributed by atoms with Crippen LogP contribution < -0.4 is 0 Å². The molecule has 128 valence electrons. The number of nitrogens with zero attached hydrogens (tertiary/aromatic N) is 1. The largest absolute Gasteiger partial charge is 0.416 e. The molecule has 1 amide bonds. The monoisotopic (exact) mass is 329 g/mol. The third kappa shape index (κ3) is 4.70. The molecule has 0 radical (unpaired) electrons. The van der Waals surface area contributed by atoms with Gasteiger partial charge in [0.25, 0.3) is 0 Å². The van der Waals surface area contributed by atoms with Gasteiger partial charge in [-0.2, -0.15) is 13.2 Å². The Balaban J connectivity index is 2.01. The first-order valence-electron chi connectivity index (χ1n) is 7.87. The van der Waals surface area contributed by atoms with Crippen molar-refractivity contribution in [2.24, 2.45) is 11.8 Å². The summed E-state index contributed by atoms with van der Waals surface area (Å²) in [5, 5.41) is 9.23. The van der Waals surface area contributed by atoms with E-state index >= 15 is 0 Å². The molecule has 1 saturated heterocycles. The van der Waals surface area contributed by atoms with Crippen molar-refractivity contribution in [3.8, 4) is 0 Å². The van der Waals surface area contributed by atoms with Crippen molar-refractivity contribution in [1.82, 2.24) is 4.90 Å². The Bertz CT molecular complexity index is 545. The number of halogens is 3. The highest BCUT2D eigenvalue weighted by Gasteiger charge is 2.31. The van der Waals surface area contributed by atoms with Crippen LogP contribution in [0.3, 0.4) is 0 Å². The van der Waals surface area contributed by atoms with Crippen LogP contribution in [0.4, 0.5) is 13.2 Å². The van der Waals surface area contributed by atoms with Crippen LogP contribution in [0.2, 0.25) is 0 Å². The third-order valence-corrected chi connectivity index (χ3v) is 4.31. The standard InChI is InChI=1S/C17H22F3NO2/c1-12(16(23)21-7-3-5-14(10-21)11-22)8-13-4-2-6-15(9-13)17(18,19)20/h2,4,6,9,12,14,22H,3,5,7-8,10-11H2,1H3. The van der Waals surface area contributed by atoms with Crippen molar-refractivity contribution in [2.75, 3.05) is 19.7 Å². The number of aliphatic hydroxyl groups excluding tert-OH is 1. The lowest BCUT2D eigenvalue weighted by molar-refractivity contribution is -0.137. The summed E-state index contributed by atoms with van der Waals surface area (Å²) >= 11 is 0. The van der Waals surface area contributed by atoms with E-state index in [-0.39, 0.29) is 30.8 Å². The molecule has 0 saturated carbocycles. The van der Waals surface area contributed by atoms with Crippen molar-refractivity contribution in [2.45, 2.75) is 32.4 Å².